The predicted molar refractivity (Wildman–Crippen MR) is 229 cm³/mol. The number of nitrogens with zero attached hydrogens (tertiary/aromatic N) is 2. The third-order valence-corrected chi connectivity index (χ3v) is 13.1. The first-order valence-electron chi connectivity index (χ1n) is 21.9. The van der Waals surface area contributed by atoms with Crippen molar-refractivity contribution >= 4 is 29.5 Å². The van der Waals surface area contributed by atoms with Gasteiger partial charge in [0, 0.05) is 24.7 Å². The minimum Gasteiger partial charge on any atom is -0.458 e. The number of hydrogen-bond donors (Lipinski definition) is 1. The van der Waals surface area contributed by atoms with E-state index in [0.29, 0.717) is 24.3 Å². The van der Waals surface area contributed by atoms with Crippen LogP contribution in [0.25, 0.3) is 11.1 Å². The molecule has 4 saturated heterocycles. The largest absolute Gasteiger partial charge is 0.458 e. The Kier molecular flexibility index (Phi) is 14.8. The van der Waals surface area contributed by atoms with Gasteiger partial charge in [0.2, 0.25) is 0 Å². The first-order chi connectivity index (χ1) is 29.3. The monoisotopic (exact) mass is 863 g/mol. The summed E-state index contributed by atoms with van der Waals surface area (Å²) in [6.07, 6.45) is -4.58. The van der Waals surface area contributed by atoms with Crippen LogP contribution < -0.4 is 10.2 Å². The molecule has 0 aromatic heterocycles. The lowest BCUT2D eigenvalue weighted by Gasteiger charge is -2.49. The van der Waals surface area contributed by atoms with Crippen LogP contribution in [-0.2, 0) is 47.5 Å². The molecule has 4 aliphatic rings. The van der Waals surface area contributed by atoms with Crippen molar-refractivity contribution in [3.05, 3.63) is 54.6 Å². The maximum absolute atomic E-state index is 14.7. The third-order valence-electron chi connectivity index (χ3n) is 13.1. The van der Waals surface area contributed by atoms with E-state index in [0.717, 1.165) is 11.1 Å². The number of amides is 1. The molecule has 15 heteroatoms. The number of nitrogens with one attached hydrogen (secondary N) is 1. The van der Waals surface area contributed by atoms with E-state index in [-0.39, 0.29) is 37.6 Å². The van der Waals surface area contributed by atoms with Crippen LogP contribution in [0.4, 0.5) is 4.79 Å². The van der Waals surface area contributed by atoms with E-state index in [2.05, 4.69) is 10.5 Å². The Bertz CT molecular complexity index is 1940. The summed E-state index contributed by atoms with van der Waals surface area (Å²) in [6.45, 7) is 15.7. The number of likely N-dealkylation sites (N-methyl/N-ethyl adjacent to an activating group) is 1. The standard InChI is InChI=1S/C47H65N3O12/c1-12-37-47(9)41(48-45(54)61-47)28(4)38(52)26(2)23-46(8)42(60-44-40(58-31(7)51)36(50(10)11)21-27(3)57-44)29(5)39(30(6)43(53)59-37)55-24-34(25-56-46)49-62-35-20-16-19-33(22-35)32-17-14-13-15-18-32/h13-20,22,26-30,36-37,39-42,44H,12,21,23-25H2,1-11H3,(H,48,54)/b49-34-/t26-,27-,28+,29+,30-,36+,37-,39+,40-,41-,42-,44+,46-,47-/m1/s1. The first-order valence-corrected chi connectivity index (χ1v) is 21.9. The summed E-state index contributed by atoms with van der Waals surface area (Å²) >= 11 is 0. The van der Waals surface area contributed by atoms with Crippen molar-refractivity contribution in [1.29, 1.82) is 0 Å². The number of cyclic esters (lactones) is 1. The molecule has 0 aliphatic carbocycles. The summed E-state index contributed by atoms with van der Waals surface area (Å²) in [4.78, 5) is 62.7. The first kappa shape index (κ1) is 47.1. The molecule has 0 saturated carbocycles. The number of carbonyl (C=O) groups is 4. The van der Waals surface area contributed by atoms with Gasteiger partial charge in [0.1, 0.15) is 17.6 Å². The average Bonchev–Trinajstić information content (AvgIpc) is 3.57. The smallest absolute Gasteiger partial charge is 0.408 e. The van der Waals surface area contributed by atoms with Gasteiger partial charge in [0.25, 0.3) is 0 Å². The van der Waals surface area contributed by atoms with Crippen LogP contribution in [0, 0.1) is 23.7 Å². The Morgan fingerprint density at radius 2 is 1.66 bits per heavy atom. The molecular weight excluding hydrogens is 799 g/mol. The van der Waals surface area contributed by atoms with Crippen molar-refractivity contribution in [2.45, 2.75) is 142 Å². The van der Waals surface area contributed by atoms with Gasteiger partial charge in [-0.3, -0.25) is 14.4 Å². The molecule has 2 bridgehead atoms. The molecule has 0 radical (unpaired) electrons. The van der Waals surface area contributed by atoms with E-state index in [4.69, 9.17) is 38.0 Å². The highest BCUT2D eigenvalue weighted by molar-refractivity contribution is 5.87. The molecule has 2 aromatic rings. The number of rotatable bonds is 8. The zero-order valence-electron chi connectivity index (χ0n) is 38.0. The number of hydrogen-bond acceptors (Lipinski definition) is 14. The van der Waals surface area contributed by atoms with Gasteiger partial charge < -0.3 is 48.2 Å². The highest BCUT2D eigenvalue weighted by Gasteiger charge is 2.58. The summed E-state index contributed by atoms with van der Waals surface area (Å²) in [7, 11) is 3.82. The Morgan fingerprint density at radius 3 is 2.34 bits per heavy atom. The molecule has 2 aromatic carbocycles. The van der Waals surface area contributed by atoms with Crippen molar-refractivity contribution in [3.8, 4) is 16.9 Å². The van der Waals surface area contributed by atoms with Crippen molar-refractivity contribution < 1.29 is 57.2 Å². The lowest BCUT2D eigenvalue weighted by Crippen LogP contribution is -2.61. The second kappa shape index (κ2) is 19.5. The normalized spacial score (nSPS) is 37.8. The van der Waals surface area contributed by atoms with E-state index in [9.17, 15) is 19.2 Å². The van der Waals surface area contributed by atoms with Crippen LogP contribution in [0.3, 0.4) is 0 Å². The van der Waals surface area contributed by atoms with Crippen LogP contribution in [0.5, 0.6) is 5.75 Å². The van der Waals surface area contributed by atoms with Crippen LogP contribution >= 0.6 is 0 Å². The fourth-order valence-corrected chi connectivity index (χ4v) is 9.88. The van der Waals surface area contributed by atoms with Crippen LogP contribution in [0.2, 0.25) is 0 Å². The maximum atomic E-state index is 14.7. The summed E-state index contributed by atoms with van der Waals surface area (Å²) in [5, 5.41) is 7.40. The number of oxime groups is 1. The van der Waals surface area contributed by atoms with E-state index >= 15 is 0 Å². The van der Waals surface area contributed by atoms with E-state index in [1.54, 1.807) is 26.8 Å². The SMILES string of the molecule is CC[C@H]1OC(=O)[C@H](C)[C@H]2OC/C(=N/Oc3cccc(-c4ccccc4)c3)CO[C@](C)(C[C@@H](C)C(=O)[C@H](C)[C@H]3NC(=O)O[C@@]31C)[C@H](O[C@@H]1O[C@H](C)C[C@H](N(C)C)[C@H]1OC(C)=O)[C@H]2C. The molecule has 1 amide bonds. The average molecular weight is 864 g/mol. The predicted octanol–water partition coefficient (Wildman–Crippen LogP) is 6.35. The highest BCUT2D eigenvalue weighted by atomic mass is 16.7. The Hall–Kier alpha value is -4.41. The molecule has 14 atom stereocenters. The third kappa shape index (κ3) is 10.2. The number of Topliss-reactive ketones (excluding diaryl/α,β-unsaturated/α-hetero) is 1. The Balaban J connectivity index is 1.45. The fraction of sp³-hybridized carbons (Fsp3) is 0.638. The van der Waals surface area contributed by atoms with Crippen molar-refractivity contribution in [2.24, 2.45) is 28.8 Å². The second-order valence-corrected chi connectivity index (χ2v) is 18.2. The van der Waals surface area contributed by atoms with Gasteiger partial charge in [-0.25, -0.2) is 4.79 Å². The number of ether oxygens (including phenoxy) is 7. The van der Waals surface area contributed by atoms with E-state index in [1.807, 2.05) is 102 Å². The van der Waals surface area contributed by atoms with Gasteiger partial charge in [0.15, 0.2) is 23.7 Å². The summed E-state index contributed by atoms with van der Waals surface area (Å²) in [5.74, 6) is -3.71. The fourth-order valence-electron chi connectivity index (χ4n) is 9.88. The van der Waals surface area contributed by atoms with Crippen molar-refractivity contribution in [2.75, 3.05) is 27.3 Å². The summed E-state index contributed by atoms with van der Waals surface area (Å²) in [5.41, 5.74) is -0.303. The lowest BCUT2D eigenvalue weighted by molar-refractivity contribution is -0.304. The van der Waals surface area contributed by atoms with Gasteiger partial charge in [-0.2, -0.15) is 0 Å². The molecule has 62 heavy (non-hydrogen) atoms. The quantitative estimate of drug-likeness (QED) is 0.177. The number of carbonyl (C=O) groups excluding carboxylic acids is 4. The van der Waals surface area contributed by atoms with Gasteiger partial charge in [-0.05, 0) is 84.3 Å². The highest BCUT2D eigenvalue weighted by Crippen LogP contribution is 2.42. The minimum atomic E-state index is -1.35. The number of fused-ring (bicyclic) bond motifs is 4. The zero-order chi connectivity index (χ0) is 45.1. The second-order valence-electron chi connectivity index (χ2n) is 18.2. The summed E-state index contributed by atoms with van der Waals surface area (Å²) in [6, 6.07) is 16.4. The van der Waals surface area contributed by atoms with Crippen LogP contribution in [0.1, 0.15) is 81.6 Å². The number of benzene rings is 2. The Morgan fingerprint density at radius 1 is 0.952 bits per heavy atom. The molecule has 0 spiro atoms. The van der Waals surface area contributed by atoms with Crippen molar-refractivity contribution in [3.63, 3.8) is 0 Å². The maximum Gasteiger partial charge on any atom is 0.408 e. The molecule has 4 fully saturated rings. The molecule has 6 rings (SSSR count). The molecule has 15 nitrogen and oxygen atoms in total. The lowest BCUT2D eigenvalue weighted by atomic mass is 9.73. The van der Waals surface area contributed by atoms with Gasteiger partial charge in [-0.1, -0.05) is 75.3 Å². The number of alkyl carbamates (subject to hydrolysis) is 1. The van der Waals surface area contributed by atoms with Crippen LogP contribution in [-0.4, -0.2) is 122 Å². The minimum absolute atomic E-state index is 0.0897. The molecule has 0 unspecified atom stereocenters. The van der Waals surface area contributed by atoms with Gasteiger partial charge in [0.05, 0.1) is 55.1 Å². The summed E-state index contributed by atoms with van der Waals surface area (Å²) < 4.78 is 45.4. The van der Waals surface area contributed by atoms with Gasteiger partial charge >= 0.3 is 18.0 Å². The Labute approximate surface area is 365 Å². The molecule has 1 N–H and O–H groups in total. The molecular formula is C47H65N3O12. The zero-order valence-corrected chi connectivity index (χ0v) is 38.0. The van der Waals surface area contributed by atoms with E-state index < -0.39 is 89.7 Å². The van der Waals surface area contributed by atoms with E-state index in [1.165, 1.54) is 6.92 Å². The number of ketones is 1. The molecule has 4 aliphatic heterocycles. The number of esters is 2. The molecule has 340 valence electrons. The van der Waals surface area contributed by atoms with Gasteiger partial charge in [-0.15, -0.1) is 0 Å². The topological polar surface area (TPSA) is 170 Å². The van der Waals surface area contributed by atoms with Crippen LogP contribution in [0.15, 0.2) is 59.8 Å². The van der Waals surface area contributed by atoms with Crippen molar-refractivity contribution in [1.82, 2.24) is 10.2 Å². The molecule has 4 heterocycles.